The molecule has 9 nitrogen and oxygen atoms in total. The highest BCUT2D eigenvalue weighted by Gasteiger charge is 2.32. The molecule has 1 amide bonds. The molecule has 5 heterocycles. The fourth-order valence-corrected chi connectivity index (χ4v) is 6.41. The van der Waals surface area contributed by atoms with Crippen LogP contribution in [-0.2, 0) is 0 Å². The Kier molecular flexibility index (Phi) is 6.62. The summed E-state index contributed by atoms with van der Waals surface area (Å²) in [5.74, 6) is -0.617. The summed E-state index contributed by atoms with van der Waals surface area (Å²) in [5, 5.41) is 12.4. The minimum Gasteiger partial charge on any atom is -0.315 e. The number of nitrogens with one attached hydrogen (secondary N) is 1. The van der Waals surface area contributed by atoms with Gasteiger partial charge in [0.25, 0.3) is 5.91 Å². The molecule has 0 aliphatic carbocycles. The first-order chi connectivity index (χ1) is 20.6. The molecule has 11 heteroatoms. The van der Waals surface area contributed by atoms with Crippen molar-refractivity contribution in [2.75, 3.05) is 18.0 Å². The maximum atomic E-state index is 15.8. The standard InChI is InChI=1S/C31H23FN8OS/c1-33-20-8-6-19(7-9-20)28-17-24-27(42-28)12-15-36-29(24)39(22-4-2-13-34-18-22)31(41)23-11-10-21(16-25(23)32)40-30-26(37-38-40)5-3-14-35-30/h3,5-12,14-17,22,34H,2,4,13,18H2/t22-/m1/s1. The zero-order valence-electron chi connectivity index (χ0n) is 22.2. The van der Waals surface area contributed by atoms with E-state index in [2.05, 4.69) is 30.4 Å². The first-order valence-electron chi connectivity index (χ1n) is 13.5. The fraction of sp³-hybridized carbons (Fsp3) is 0.161. The van der Waals surface area contributed by atoms with Crippen LogP contribution in [0.4, 0.5) is 15.9 Å². The van der Waals surface area contributed by atoms with Gasteiger partial charge in [-0.15, -0.1) is 16.4 Å². The Balaban J connectivity index is 1.30. The highest BCUT2D eigenvalue weighted by atomic mass is 32.1. The number of thiophene rings is 1. The van der Waals surface area contributed by atoms with Crippen molar-refractivity contribution in [3.8, 4) is 16.1 Å². The number of piperidine rings is 1. The van der Waals surface area contributed by atoms with Crippen molar-refractivity contribution in [3.63, 3.8) is 0 Å². The molecule has 1 saturated heterocycles. The van der Waals surface area contributed by atoms with Crippen molar-refractivity contribution in [1.29, 1.82) is 0 Å². The van der Waals surface area contributed by atoms with Crippen molar-refractivity contribution in [2.45, 2.75) is 18.9 Å². The third-order valence-electron chi connectivity index (χ3n) is 7.42. The van der Waals surface area contributed by atoms with Crippen LogP contribution in [0, 0.1) is 12.4 Å². The van der Waals surface area contributed by atoms with Gasteiger partial charge in [0, 0.05) is 40.0 Å². The van der Waals surface area contributed by atoms with E-state index in [4.69, 9.17) is 6.57 Å². The first kappa shape index (κ1) is 25.9. The number of amides is 1. The number of rotatable bonds is 5. The molecule has 0 spiro atoms. The number of fused-ring (bicyclic) bond motifs is 2. The molecule has 206 valence electrons. The molecule has 7 rings (SSSR count). The molecular formula is C31H23FN8OS. The van der Waals surface area contributed by atoms with Gasteiger partial charge >= 0.3 is 0 Å². The van der Waals surface area contributed by atoms with Gasteiger partial charge in [0.05, 0.1) is 23.9 Å². The smallest absolute Gasteiger partial charge is 0.262 e. The van der Waals surface area contributed by atoms with E-state index in [1.807, 2.05) is 24.3 Å². The zero-order chi connectivity index (χ0) is 28.6. The number of pyridine rings is 2. The Morgan fingerprint density at radius 1 is 1.10 bits per heavy atom. The normalized spacial score (nSPS) is 15.1. The topological polar surface area (TPSA) is 93.2 Å². The third-order valence-corrected chi connectivity index (χ3v) is 8.57. The molecule has 1 N–H and O–H groups in total. The van der Waals surface area contributed by atoms with Gasteiger partial charge in [0.2, 0.25) is 0 Å². The lowest BCUT2D eigenvalue weighted by Gasteiger charge is -2.34. The predicted octanol–water partition coefficient (Wildman–Crippen LogP) is 6.18. The lowest BCUT2D eigenvalue weighted by atomic mass is 10.0. The van der Waals surface area contributed by atoms with E-state index in [0.717, 1.165) is 39.9 Å². The van der Waals surface area contributed by atoms with Crippen LogP contribution in [0.3, 0.4) is 0 Å². The SMILES string of the molecule is [C-]#[N+]c1ccc(-c2cc3c(N(C(=O)c4ccc(-n5nnc6cccnc65)cc4F)[C@@H]4CCCNC4)nccc3s2)cc1. The summed E-state index contributed by atoms with van der Waals surface area (Å²) in [6.07, 6.45) is 4.97. The minimum atomic E-state index is -0.663. The van der Waals surface area contributed by atoms with Crippen LogP contribution in [0.2, 0.25) is 0 Å². The minimum absolute atomic E-state index is 0.0503. The second kappa shape index (κ2) is 10.7. The molecule has 1 aliphatic heterocycles. The van der Waals surface area contributed by atoms with E-state index in [0.29, 0.717) is 34.9 Å². The lowest BCUT2D eigenvalue weighted by molar-refractivity contribution is 0.0968. The molecule has 1 atom stereocenters. The number of anilines is 1. The Morgan fingerprint density at radius 3 is 2.76 bits per heavy atom. The Labute approximate surface area is 244 Å². The van der Waals surface area contributed by atoms with Gasteiger partial charge < -0.3 is 5.32 Å². The van der Waals surface area contributed by atoms with E-state index in [1.54, 1.807) is 59.0 Å². The van der Waals surface area contributed by atoms with Gasteiger partial charge in [0.15, 0.2) is 11.3 Å². The highest BCUT2D eigenvalue weighted by Crippen LogP contribution is 2.39. The van der Waals surface area contributed by atoms with Gasteiger partial charge in [0.1, 0.15) is 17.2 Å². The average Bonchev–Trinajstić information content (AvgIpc) is 3.67. The largest absolute Gasteiger partial charge is 0.315 e. The molecule has 0 radical (unpaired) electrons. The van der Waals surface area contributed by atoms with Gasteiger partial charge in [-0.25, -0.2) is 19.2 Å². The molecular weight excluding hydrogens is 551 g/mol. The van der Waals surface area contributed by atoms with Crippen LogP contribution < -0.4 is 10.2 Å². The van der Waals surface area contributed by atoms with E-state index in [9.17, 15) is 4.79 Å². The maximum absolute atomic E-state index is 15.8. The molecule has 4 aromatic heterocycles. The lowest BCUT2D eigenvalue weighted by Crippen LogP contribution is -2.49. The van der Waals surface area contributed by atoms with Gasteiger partial charge in [-0.1, -0.05) is 29.5 Å². The summed E-state index contributed by atoms with van der Waals surface area (Å²) in [6.45, 7) is 8.67. The van der Waals surface area contributed by atoms with Gasteiger partial charge in [-0.3, -0.25) is 9.69 Å². The summed E-state index contributed by atoms with van der Waals surface area (Å²) in [6, 6.07) is 19.1. The predicted molar refractivity (Wildman–Crippen MR) is 161 cm³/mol. The third kappa shape index (κ3) is 4.56. The first-order valence-corrected chi connectivity index (χ1v) is 14.3. The summed E-state index contributed by atoms with van der Waals surface area (Å²) < 4.78 is 18.2. The van der Waals surface area contributed by atoms with Crippen LogP contribution in [0.1, 0.15) is 23.2 Å². The van der Waals surface area contributed by atoms with E-state index in [-0.39, 0.29) is 11.6 Å². The van der Waals surface area contributed by atoms with Crippen molar-refractivity contribution in [3.05, 3.63) is 102 Å². The van der Waals surface area contributed by atoms with E-state index < -0.39 is 11.7 Å². The monoisotopic (exact) mass is 574 g/mol. The Bertz CT molecular complexity index is 1990. The Hall–Kier alpha value is -5.05. The molecule has 0 bridgehead atoms. The zero-order valence-corrected chi connectivity index (χ0v) is 23.1. The molecule has 2 aromatic carbocycles. The molecule has 1 fully saturated rings. The second-order valence-corrected chi connectivity index (χ2v) is 11.1. The summed E-state index contributed by atoms with van der Waals surface area (Å²) in [5.41, 5.74) is 3.01. The maximum Gasteiger partial charge on any atom is 0.262 e. The summed E-state index contributed by atoms with van der Waals surface area (Å²) >= 11 is 1.59. The van der Waals surface area contributed by atoms with E-state index in [1.165, 1.54) is 16.8 Å². The number of halogens is 1. The van der Waals surface area contributed by atoms with Gasteiger partial charge in [-0.2, -0.15) is 4.68 Å². The highest BCUT2D eigenvalue weighted by molar-refractivity contribution is 7.22. The van der Waals surface area contributed by atoms with Crippen molar-refractivity contribution >= 4 is 50.0 Å². The average molecular weight is 575 g/mol. The number of nitrogens with zero attached hydrogens (tertiary/aromatic N) is 7. The number of hydrogen-bond acceptors (Lipinski definition) is 7. The summed E-state index contributed by atoms with van der Waals surface area (Å²) in [4.78, 5) is 29.3. The van der Waals surface area contributed by atoms with Crippen LogP contribution in [-0.4, -0.2) is 50.0 Å². The Morgan fingerprint density at radius 2 is 1.98 bits per heavy atom. The van der Waals surface area contributed by atoms with Crippen LogP contribution in [0.25, 0.3) is 42.2 Å². The van der Waals surface area contributed by atoms with Gasteiger partial charge in [-0.05, 0) is 61.3 Å². The molecule has 1 aliphatic rings. The van der Waals surface area contributed by atoms with E-state index >= 15 is 4.39 Å². The van der Waals surface area contributed by atoms with Crippen molar-refractivity contribution in [2.24, 2.45) is 0 Å². The van der Waals surface area contributed by atoms with Crippen molar-refractivity contribution in [1.82, 2.24) is 30.3 Å². The number of aromatic nitrogens is 5. The summed E-state index contributed by atoms with van der Waals surface area (Å²) in [7, 11) is 0. The van der Waals surface area contributed by atoms with Crippen LogP contribution >= 0.6 is 11.3 Å². The second-order valence-electron chi connectivity index (χ2n) is 10.0. The van der Waals surface area contributed by atoms with Crippen LogP contribution in [0.15, 0.2) is 79.1 Å². The van der Waals surface area contributed by atoms with Crippen LogP contribution in [0.5, 0.6) is 0 Å². The molecule has 6 aromatic rings. The number of carbonyl (C=O) groups excluding carboxylic acids is 1. The number of benzene rings is 2. The fourth-order valence-electron chi connectivity index (χ4n) is 5.35. The molecule has 42 heavy (non-hydrogen) atoms. The van der Waals surface area contributed by atoms with Crippen molar-refractivity contribution < 1.29 is 9.18 Å². The molecule has 0 saturated carbocycles. The number of carbonyl (C=O) groups is 1. The number of hydrogen-bond donors (Lipinski definition) is 1. The quantitative estimate of drug-likeness (QED) is 0.247. The molecule has 0 unspecified atom stereocenters.